The van der Waals surface area contributed by atoms with Gasteiger partial charge in [0.2, 0.25) is 11.8 Å². The Morgan fingerprint density at radius 3 is 2.44 bits per heavy atom. The van der Waals surface area contributed by atoms with Crippen LogP contribution in [-0.4, -0.2) is 99.1 Å². The van der Waals surface area contributed by atoms with Crippen molar-refractivity contribution in [2.45, 2.75) is 110 Å². The number of rotatable bonds is 8. The van der Waals surface area contributed by atoms with E-state index in [1.165, 1.54) is 43.2 Å². The van der Waals surface area contributed by atoms with Gasteiger partial charge in [0.1, 0.15) is 47.9 Å². The van der Waals surface area contributed by atoms with Gasteiger partial charge in [-0.25, -0.2) is 9.82 Å². The van der Waals surface area contributed by atoms with Crippen molar-refractivity contribution in [3.8, 4) is 5.75 Å². The van der Waals surface area contributed by atoms with Crippen molar-refractivity contribution in [3.63, 3.8) is 0 Å². The quantitative estimate of drug-likeness (QED) is 0.129. The summed E-state index contributed by atoms with van der Waals surface area (Å²) in [6.07, 6.45) is 4.88. The van der Waals surface area contributed by atoms with Gasteiger partial charge in [-0.05, 0) is 68.4 Å². The van der Waals surface area contributed by atoms with Crippen LogP contribution in [0.1, 0.15) is 72.3 Å². The number of fused-ring (bicyclic) bond motifs is 2. The standard InChI is InChI=1S/C39H53FN4O10/c1-22(2)34-37(51)41-31(20-26-18-27(40)21-28(47)19-26)38(52)44-16-9-10-30(43-44)39(53)54-33(23(3)15-17-45)12-8-6-7-11-32(48)25(5)35(49)29(36(50)42-34)14-13-24(4)46/h6-8,11,15,17-19,21-22,25,29-35,43,47-49H,9-10,12-14,16,20H2,1-5H3,(H,41,51)(H,42,50)/b8-6+,11-7+,23-15+/t25-,29+,30-,31-,32-,33-,34-,35+/m0/s1. The van der Waals surface area contributed by atoms with Crippen molar-refractivity contribution in [3.05, 3.63) is 65.5 Å². The molecule has 0 saturated carbocycles. The fourth-order valence-electron chi connectivity index (χ4n) is 6.33. The van der Waals surface area contributed by atoms with Crippen LogP contribution in [-0.2, 0) is 39.9 Å². The first-order valence-electron chi connectivity index (χ1n) is 18.2. The van der Waals surface area contributed by atoms with Crippen molar-refractivity contribution in [2.75, 3.05) is 6.54 Å². The fourth-order valence-corrected chi connectivity index (χ4v) is 6.33. The summed E-state index contributed by atoms with van der Waals surface area (Å²) in [5, 5.41) is 38.9. The van der Waals surface area contributed by atoms with E-state index in [1.807, 2.05) is 0 Å². The van der Waals surface area contributed by atoms with Crippen molar-refractivity contribution < 1.29 is 53.2 Å². The number of ether oxygens (including phenoxy) is 1. The minimum atomic E-state index is -1.45. The molecule has 54 heavy (non-hydrogen) atoms. The van der Waals surface area contributed by atoms with E-state index in [9.17, 15) is 48.5 Å². The second-order valence-corrected chi connectivity index (χ2v) is 14.3. The molecule has 2 bridgehead atoms. The minimum absolute atomic E-state index is 0.0559. The Bertz CT molecular complexity index is 1590. The molecule has 0 aliphatic carbocycles. The van der Waals surface area contributed by atoms with E-state index in [-0.39, 0.29) is 43.6 Å². The lowest BCUT2D eigenvalue weighted by Crippen LogP contribution is -2.62. The van der Waals surface area contributed by atoms with Crippen molar-refractivity contribution >= 4 is 35.8 Å². The number of aliphatic hydroxyl groups excluding tert-OH is 2. The number of cyclic esters (lactones) is 1. The van der Waals surface area contributed by atoms with Crippen LogP contribution in [0.3, 0.4) is 0 Å². The number of hydrazine groups is 1. The zero-order valence-corrected chi connectivity index (χ0v) is 31.4. The molecule has 0 radical (unpaired) electrons. The van der Waals surface area contributed by atoms with Gasteiger partial charge < -0.3 is 35.5 Å². The molecular formula is C39H53FN4O10. The van der Waals surface area contributed by atoms with Crippen LogP contribution in [0.15, 0.2) is 54.2 Å². The number of nitrogens with one attached hydrogen (secondary N) is 3. The van der Waals surface area contributed by atoms with Gasteiger partial charge >= 0.3 is 5.97 Å². The lowest BCUT2D eigenvalue weighted by molar-refractivity contribution is -0.156. The molecule has 2 aliphatic rings. The summed E-state index contributed by atoms with van der Waals surface area (Å²) in [5.41, 5.74) is 3.51. The van der Waals surface area contributed by atoms with E-state index < -0.39 is 89.4 Å². The minimum Gasteiger partial charge on any atom is -0.508 e. The Kier molecular flexibility index (Phi) is 16.7. The molecule has 3 rings (SSSR count). The van der Waals surface area contributed by atoms with Crippen molar-refractivity contribution in [1.82, 2.24) is 21.1 Å². The molecule has 1 saturated heterocycles. The van der Waals surface area contributed by atoms with Crippen LogP contribution in [0, 0.1) is 23.6 Å². The number of aldehydes is 1. The number of hydrogen-bond acceptors (Lipinski definition) is 11. The van der Waals surface area contributed by atoms with Gasteiger partial charge in [0, 0.05) is 37.8 Å². The molecule has 6 N–H and O–H groups in total. The summed E-state index contributed by atoms with van der Waals surface area (Å²) in [6.45, 7) is 7.95. The van der Waals surface area contributed by atoms with E-state index in [0.29, 0.717) is 24.7 Å². The van der Waals surface area contributed by atoms with Gasteiger partial charge in [0.05, 0.1) is 18.1 Å². The van der Waals surface area contributed by atoms with E-state index >= 15 is 0 Å². The number of esters is 1. The van der Waals surface area contributed by atoms with E-state index in [1.54, 1.807) is 32.9 Å². The first kappa shape index (κ1) is 43.7. The topological polar surface area (TPSA) is 212 Å². The zero-order valence-electron chi connectivity index (χ0n) is 31.4. The second-order valence-electron chi connectivity index (χ2n) is 14.3. The number of aromatic hydroxyl groups is 1. The third kappa shape index (κ3) is 12.7. The zero-order chi connectivity index (χ0) is 40.1. The Morgan fingerprint density at radius 2 is 1.80 bits per heavy atom. The number of aliphatic hydroxyl groups is 2. The molecule has 2 aliphatic heterocycles. The van der Waals surface area contributed by atoms with Crippen molar-refractivity contribution in [1.29, 1.82) is 0 Å². The number of phenolic OH excluding ortho intramolecular Hbond substituents is 1. The van der Waals surface area contributed by atoms with Crippen LogP contribution in [0.2, 0.25) is 0 Å². The maximum absolute atomic E-state index is 14.3. The number of halogens is 1. The number of carbonyl (C=O) groups excluding carboxylic acids is 6. The van der Waals surface area contributed by atoms with Gasteiger partial charge in [-0.15, -0.1) is 0 Å². The third-order valence-electron chi connectivity index (χ3n) is 9.62. The van der Waals surface area contributed by atoms with Gasteiger partial charge in [-0.2, -0.15) is 0 Å². The second kappa shape index (κ2) is 20.7. The maximum Gasteiger partial charge on any atom is 0.325 e. The molecule has 1 fully saturated rings. The van der Waals surface area contributed by atoms with E-state index in [2.05, 4.69) is 16.1 Å². The number of Topliss-reactive ketones (excluding diaryl/α,β-unsaturated/α-hetero) is 1. The fraction of sp³-hybridized carbons (Fsp3) is 0.538. The Morgan fingerprint density at radius 1 is 1.07 bits per heavy atom. The highest BCUT2D eigenvalue weighted by Crippen LogP contribution is 2.24. The Labute approximate surface area is 314 Å². The predicted octanol–water partition coefficient (Wildman–Crippen LogP) is 2.11. The van der Waals surface area contributed by atoms with Gasteiger partial charge in [0.25, 0.3) is 5.91 Å². The number of carbonyl (C=O) groups is 6. The summed E-state index contributed by atoms with van der Waals surface area (Å²) in [5.74, 6) is -6.99. The molecule has 0 spiro atoms. The molecule has 14 nitrogen and oxygen atoms in total. The molecular weight excluding hydrogens is 703 g/mol. The lowest BCUT2D eigenvalue weighted by Gasteiger charge is -2.36. The molecule has 1 aromatic rings. The number of phenols is 1. The molecule has 15 heteroatoms. The first-order chi connectivity index (χ1) is 25.5. The molecule has 3 amide bonds. The Balaban J connectivity index is 2.08. The smallest absolute Gasteiger partial charge is 0.325 e. The van der Waals surface area contributed by atoms with Gasteiger partial charge in [-0.1, -0.05) is 45.1 Å². The number of benzene rings is 1. The molecule has 8 atom stereocenters. The number of hydrogen-bond donors (Lipinski definition) is 6. The largest absolute Gasteiger partial charge is 0.508 e. The first-order valence-corrected chi connectivity index (χ1v) is 18.2. The molecule has 296 valence electrons. The van der Waals surface area contributed by atoms with Crippen LogP contribution in [0.5, 0.6) is 5.75 Å². The van der Waals surface area contributed by atoms with E-state index in [4.69, 9.17) is 4.74 Å². The highest BCUT2D eigenvalue weighted by Gasteiger charge is 2.38. The average molecular weight is 757 g/mol. The average Bonchev–Trinajstić information content (AvgIpc) is 3.11. The van der Waals surface area contributed by atoms with Crippen LogP contribution in [0.25, 0.3) is 0 Å². The number of ketones is 1. The summed E-state index contributed by atoms with van der Waals surface area (Å²) in [4.78, 5) is 78.6. The summed E-state index contributed by atoms with van der Waals surface area (Å²) < 4.78 is 20.1. The van der Waals surface area contributed by atoms with Gasteiger partial charge in [-0.3, -0.25) is 29.0 Å². The normalized spacial score (nSPS) is 29.6. The lowest BCUT2D eigenvalue weighted by atomic mass is 9.84. The van der Waals surface area contributed by atoms with E-state index in [0.717, 1.165) is 12.1 Å². The maximum atomic E-state index is 14.3. The SMILES string of the molecule is CC(=O)CC[C@H]1C(=O)N[C@@H](C(C)C)C(=O)N[C@@H](Cc2cc(O)cc(F)c2)C(=O)N2CCC[C@H](N2)C(=O)O[C@H](/C(C)=C/C=O)C/C=C/C=C/[C@H](O)[C@H](C)[C@H]1O. The molecule has 2 heterocycles. The summed E-state index contributed by atoms with van der Waals surface area (Å²) in [6, 6.07) is -0.387. The summed E-state index contributed by atoms with van der Waals surface area (Å²) in [7, 11) is 0. The number of nitrogens with zero attached hydrogens (tertiary/aromatic N) is 1. The van der Waals surface area contributed by atoms with Crippen LogP contribution >= 0.6 is 0 Å². The molecule has 0 aromatic heterocycles. The monoisotopic (exact) mass is 756 g/mol. The Hall–Kier alpha value is -4.73. The van der Waals surface area contributed by atoms with Crippen LogP contribution in [0.4, 0.5) is 4.39 Å². The van der Waals surface area contributed by atoms with Crippen LogP contribution < -0.4 is 16.1 Å². The summed E-state index contributed by atoms with van der Waals surface area (Å²) >= 11 is 0. The highest BCUT2D eigenvalue weighted by atomic mass is 19.1. The van der Waals surface area contributed by atoms with Crippen molar-refractivity contribution in [2.24, 2.45) is 17.8 Å². The third-order valence-corrected chi connectivity index (χ3v) is 9.62. The predicted molar refractivity (Wildman–Crippen MR) is 196 cm³/mol. The molecule has 1 aromatic carbocycles. The van der Waals surface area contributed by atoms with Gasteiger partial charge in [0.15, 0.2) is 0 Å². The molecule has 0 unspecified atom stereocenters. The highest BCUT2D eigenvalue weighted by molar-refractivity contribution is 5.93. The number of allylic oxidation sites excluding steroid dienone is 3. The number of amides is 3.